The quantitative estimate of drug-likeness (QED) is 0.882. The van der Waals surface area contributed by atoms with Gasteiger partial charge in [-0.2, -0.15) is 0 Å². The van der Waals surface area contributed by atoms with Crippen molar-refractivity contribution in [2.45, 2.75) is 43.4 Å². The predicted octanol–water partition coefficient (Wildman–Crippen LogP) is 1.63. The Labute approximate surface area is 150 Å². The number of carbonyl (C=O) groups excluding carboxylic acids is 1. The highest BCUT2D eigenvalue weighted by molar-refractivity contribution is 7.92. The SMILES string of the molecule is CC1C(Cc2ccccc2)CCN1C(=O)C1(S(C)(=O)=O)CCNCC1. The molecule has 2 saturated heterocycles. The Morgan fingerprint density at radius 2 is 1.88 bits per heavy atom. The molecular weight excluding hydrogens is 336 g/mol. The van der Waals surface area contributed by atoms with Gasteiger partial charge in [0.2, 0.25) is 5.91 Å². The third kappa shape index (κ3) is 3.47. The molecule has 25 heavy (non-hydrogen) atoms. The van der Waals surface area contributed by atoms with Crippen LogP contribution >= 0.6 is 0 Å². The van der Waals surface area contributed by atoms with Crippen molar-refractivity contribution in [3.8, 4) is 0 Å². The molecule has 0 radical (unpaired) electrons. The molecule has 0 bridgehead atoms. The molecule has 138 valence electrons. The standard InChI is InChI=1S/C19H28N2O3S/c1-15-17(14-16-6-4-3-5-7-16)8-13-21(15)18(22)19(25(2,23)24)9-11-20-12-10-19/h3-7,15,17,20H,8-14H2,1-2H3. The number of carbonyl (C=O) groups is 1. The third-order valence-electron chi connectivity index (χ3n) is 6.03. The van der Waals surface area contributed by atoms with Crippen molar-refractivity contribution < 1.29 is 13.2 Å². The smallest absolute Gasteiger partial charge is 0.244 e. The molecule has 0 aromatic heterocycles. The fraction of sp³-hybridized carbons (Fsp3) is 0.632. The normalized spacial score (nSPS) is 26.6. The van der Waals surface area contributed by atoms with Crippen LogP contribution in [0.4, 0.5) is 0 Å². The summed E-state index contributed by atoms with van der Waals surface area (Å²) in [5.74, 6) is 0.198. The van der Waals surface area contributed by atoms with Gasteiger partial charge in [-0.15, -0.1) is 0 Å². The monoisotopic (exact) mass is 364 g/mol. The van der Waals surface area contributed by atoms with Gasteiger partial charge in [0, 0.05) is 18.8 Å². The van der Waals surface area contributed by atoms with Crippen molar-refractivity contribution in [2.24, 2.45) is 5.92 Å². The summed E-state index contributed by atoms with van der Waals surface area (Å²) in [6.07, 6.45) is 3.83. The predicted molar refractivity (Wildman–Crippen MR) is 99.1 cm³/mol. The highest BCUT2D eigenvalue weighted by Gasteiger charge is 2.52. The molecule has 1 amide bonds. The van der Waals surface area contributed by atoms with E-state index in [2.05, 4.69) is 24.4 Å². The molecule has 2 fully saturated rings. The lowest BCUT2D eigenvalue weighted by Gasteiger charge is -2.39. The van der Waals surface area contributed by atoms with Crippen LogP contribution in [0.15, 0.2) is 30.3 Å². The molecule has 2 aliphatic heterocycles. The average molecular weight is 365 g/mol. The van der Waals surface area contributed by atoms with E-state index in [9.17, 15) is 13.2 Å². The van der Waals surface area contributed by atoms with Gasteiger partial charge in [0.1, 0.15) is 0 Å². The lowest BCUT2D eigenvalue weighted by Crippen LogP contribution is -2.59. The highest BCUT2D eigenvalue weighted by Crippen LogP contribution is 2.35. The van der Waals surface area contributed by atoms with E-state index in [4.69, 9.17) is 0 Å². The molecule has 5 nitrogen and oxygen atoms in total. The van der Waals surface area contributed by atoms with E-state index in [-0.39, 0.29) is 11.9 Å². The van der Waals surface area contributed by atoms with Crippen LogP contribution in [-0.2, 0) is 21.1 Å². The molecule has 2 aliphatic rings. The maximum Gasteiger partial charge on any atom is 0.244 e. The minimum Gasteiger partial charge on any atom is -0.338 e. The van der Waals surface area contributed by atoms with E-state index in [1.165, 1.54) is 11.8 Å². The Kier molecular flexibility index (Phi) is 5.21. The Morgan fingerprint density at radius 1 is 1.24 bits per heavy atom. The topological polar surface area (TPSA) is 66.5 Å². The summed E-state index contributed by atoms with van der Waals surface area (Å²) in [6.45, 7) is 3.88. The number of nitrogens with one attached hydrogen (secondary N) is 1. The second-order valence-corrected chi connectivity index (χ2v) is 9.82. The molecule has 3 rings (SSSR count). The number of rotatable bonds is 4. The second-order valence-electron chi connectivity index (χ2n) is 7.49. The molecule has 1 N–H and O–H groups in total. The van der Waals surface area contributed by atoms with Crippen molar-refractivity contribution in [3.05, 3.63) is 35.9 Å². The third-order valence-corrected chi connectivity index (χ3v) is 8.03. The van der Waals surface area contributed by atoms with E-state index in [0.29, 0.717) is 38.4 Å². The fourth-order valence-corrected chi connectivity index (χ4v) is 5.70. The van der Waals surface area contributed by atoms with Crippen molar-refractivity contribution in [1.29, 1.82) is 0 Å². The van der Waals surface area contributed by atoms with Crippen LogP contribution < -0.4 is 5.32 Å². The summed E-state index contributed by atoms with van der Waals surface area (Å²) in [5, 5.41) is 3.17. The summed E-state index contributed by atoms with van der Waals surface area (Å²) in [5.41, 5.74) is 1.27. The molecule has 0 saturated carbocycles. The minimum atomic E-state index is -3.46. The van der Waals surface area contributed by atoms with Crippen LogP contribution in [0.25, 0.3) is 0 Å². The van der Waals surface area contributed by atoms with Crippen LogP contribution in [-0.4, -0.2) is 55.9 Å². The zero-order chi connectivity index (χ0) is 18.1. The van der Waals surface area contributed by atoms with E-state index in [0.717, 1.165) is 12.8 Å². The lowest BCUT2D eigenvalue weighted by molar-refractivity contribution is -0.135. The summed E-state index contributed by atoms with van der Waals surface area (Å²) in [7, 11) is -3.46. The van der Waals surface area contributed by atoms with Crippen molar-refractivity contribution in [2.75, 3.05) is 25.9 Å². The fourth-order valence-electron chi connectivity index (χ4n) is 4.32. The number of piperidine rings is 1. The zero-order valence-corrected chi connectivity index (χ0v) is 15.9. The number of hydrogen-bond donors (Lipinski definition) is 1. The Morgan fingerprint density at radius 3 is 2.48 bits per heavy atom. The molecule has 6 heteroatoms. The molecule has 1 aromatic carbocycles. The van der Waals surface area contributed by atoms with Gasteiger partial charge in [0.25, 0.3) is 0 Å². The Bertz CT molecular complexity index is 711. The number of sulfone groups is 1. The van der Waals surface area contributed by atoms with Crippen molar-refractivity contribution in [1.82, 2.24) is 10.2 Å². The highest BCUT2D eigenvalue weighted by atomic mass is 32.2. The number of amides is 1. The molecule has 0 spiro atoms. The van der Waals surface area contributed by atoms with Gasteiger partial charge in [-0.1, -0.05) is 30.3 Å². The maximum absolute atomic E-state index is 13.3. The lowest BCUT2D eigenvalue weighted by atomic mass is 9.92. The van der Waals surface area contributed by atoms with E-state index in [1.807, 2.05) is 23.1 Å². The Hall–Kier alpha value is -1.40. The van der Waals surface area contributed by atoms with Gasteiger partial charge in [0.15, 0.2) is 14.6 Å². The molecular formula is C19H28N2O3S. The van der Waals surface area contributed by atoms with Crippen LogP contribution in [0.5, 0.6) is 0 Å². The molecule has 1 aromatic rings. The first-order valence-corrected chi connectivity index (χ1v) is 11.0. The van der Waals surface area contributed by atoms with Gasteiger partial charge in [-0.25, -0.2) is 8.42 Å². The minimum absolute atomic E-state index is 0.0706. The van der Waals surface area contributed by atoms with Gasteiger partial charge in [-0.3, -0.25) is 4.79 Å². The molecule has 2 unspecified atom stereocenters. The van der Waals surface area contributed by atoms with E-state index in [1.54, 1.807) is 0 Å². The van der Waals surface area contributed by atoms with Gasteiger partial charge in [0.05, 0.1) is 0 Å². The van der Waals surface area contributed by atoms with Gasteiger partial charge in [-0.05, 0) is 57.2 Å². The zero-order valence-electron chi connectivity index (χ0n) is 15.1. The Balaban J connectivity index is 1.78. The van der Waals surface area contributed by atoms with Gasteiger partial charge >= 0.3 is 0 Å². The number of hydrogen-bond acceptors (Lipinski definition) is 4. The number of benzene rings is 1. The number of likely N-dealkylation sites (tertiary alicyclic amines) is 1. The molecule has 2 heterocycles. The first-order chi connectivity index (χ1) is 11.8. The van der Waals surface area contributed by atoms with Crippen LogP contribution in [0.1, 0.15) is 31.7 Å². The van der Waals surface area contributed by atoms with E-state index < -0.39 is 14.6 Å². The first-order valence-electron chi connectivity index (χ1n) is 9.10. The summed E-state index contributed by atoms with van der Waals surface area (Å²) >= 11 is 0. The first kappa shape index (κ1) is 18.4. The maximum atomic E-state index is 13.3. The summed E-state index contributed by atoms with van der Waals surface area (Å²) < 4.78 is 23.8. The van der Waals surface area contributed by atoms with Crippen molar-refractivity contribution >= 4 is 15.7 Å². The molecule has 0 aliphatic carbocycles. The second kappa shape index (κ2) is 7.08. The van der Waals surface area contributed by atoms with Crippen LogP contribution in [0, 0.1) is 5.92 Å². The van der Waals surface area contributed by atoms with Crippen molar-refractivity contribution in [3.63, 3.8) is 0 Å². The largest absolute Gasteiger partial charge is 0.338 e. The van der Waals surface area contributed by atoms with Crippen LogP contribution in [0.2, 0.25) is 0 Å². The van der Waals surface area contributed by atoms with Gasteiger partial charge < -0.3 is 10.2 Å². The average Bonchev–Trinajstić information content (AvgIpc) is 2.95. The summed E-state index contributed by atoms with van der Waals surface area (Å²) in [6, 6.07) is 10.4. The number of nitrogens with zero attached hydrogens (tertiary/aromatic N) is 1. The van der Waals surface area contributed by atoms with Crippen LogP contribution in [0.3, 0.4) is 0 Å². The summed E-state index contributed by atoms with van der Waals surface area (Å²) in [4.78, 5) is 15.1. The molecule has 2 atom stereocenters. The van der Waals surface area contributed by atoms with E-state index >= 15 is 0 Å².